The summed E-state index contributed by atoms with van der Waals surface area (Å²) in [5.74, 6) is 1.92. The van der Waals surface area contributed by atoms with Crippen molar-refractivity contribution in [3.05, 3.63) is 47.5 Å². The number of phenols is 1. The lowest BCUT2D eigenvalue weighted by Gasteiger charge is -2.28. The van der Waals surface area contributed by atoms with Crippen molar-refractivity contribution in [2.45, 2.75) is 53.4 Å². The zero-order chi connectivity index (χ0) is 18.2. The molecule has 0 unspecified atom stereocenters. The van der Waals surface area contributed by atoms with Crippen molar-refractivity contribution in [3.8, 4) is 17.2 Å². The first-order valence-corrected chi connectivity index (χ1v) is 9.38. The minimum Gasteiger partial charge on any atom is -0.508 e. The van der Waals surface area contributed by atoms with Gasteiger partial charge in [-0.1, -0.05) is 32.8 Å². The van der Waals surface area contributed by atoms with Crippen LogP contribution in [0.15, 0.2) is 36.4 Å². The Hall–Kier alpha value is -2.16. The number of ether oxygens (including phenoxy) is 1. The van der Waals surface area contributed by atoms with Gasteiger partial charge in [-0.2, -0.15) is 0 Å². The molecule has 0 saturated carbocycles. The Balaban J connectivity index is 2.37. The molecular weight excluding hydrogens is 310 g/mol. The van der Waals surface area contributed by atoms with Crippen molar-refractivity contribution >= 4 is 5.69 Å². The molecule has 0 aliphatic rings. The minimum atomic E-state index is 0.251. The van der Waals surface area contributed by atoms with Gasteiger partial charge in [0.25, 0.3) is 0 Å². The third-order valence-electron chi connectivity index (χ3n) is 4.36. The lowest BCUT2D eigenvalue weighted by molar-refractivity contribution is 0.462. The molecule has 2 rings (SSSR count). The van der Waals surface area contributed by atoms with Gasteiger partial charge in [-0.05, 0) is 68.1 Å². The first-order valence-electron chi connectivity index (χ1n) is 9.38. The van der Waals surface area contributed by atoms with Crippen LogP contribution in [-0.2, 0) is 0 Å². The van der Waals surface area contributed by atoms with Crippen molar-refractivity contribution in [1.29, 1.82) is 0 Å². The molecule has 3 nitrogen and oxygen atoms in total. The lowest BCUT2D eigenvalue weighted by Crippen LogP contribution is -2.26. The van der Waals surface area contributed by atoms with E-state index in [-0.39, 0.29) is 5.75 Å². The first-order chi connectivity index (χ1) is 12.0. The van der Waals surface area contributed by atoms with Crippen LogP contribution < -0.4 is 9.64 Å². The van der Waals surface area contributed by atoms with Crippen LogP contribution in [0.1, 0.15) is 50.7 Å². The van der Waals surface area contributed by atoms with Crippen LogP contribution >= 0.6 is 0 Å². The summed E-state index contributed by atoms with van der Waals surface area (Å²) in [5, 5.41) is 9.49. The molecule has 0 aromatic heterocycles. The van der Waals surface area contributed by atoms with Gasteiger partial charge in [-0.15, -0.1) is 0 Å². The predicted molar refractivity (Wildman–Crippen MR) is 106 cm³/mol. The lowest BCUT2D eigenvalue weighted by atomic mass is 10.1. The van der Waals surface area contributed by atoms with Gasteiger partial charge in [0.2, 0.25) is 0 Å². The molecule has 0 fully saturated rings. The van der Waals surface area contributed by atoms with Crippen molar-refractivity contribution in [2.24, 2.45) is 0 Å². The predicted octanol–water partition coefficient (Wildman–Crippen LogP) is 6.21. The highest BCUT2D eigenvalue weighted by Crippen LogP contribution is 2.37. The van der Waals surface area contributed by atoms with Gasteiger partial charge >= 0.3 is 0 Å². The Labute approximate surface area is 152 Å². The van der Waals surface area contributed by atoms with E-state index in [2.05, 4.69) is 44.7 Å². The van der Waals surface area contributed by atoms with E-state index in [1.54, 1.807) is 24.3 Å². The Kier molecular flexibility index (Phi) is 7.17. The third kappa shape index (κ3) is 5.42. The van der Waals surface area contributed by atoms with E-state index >= 15 is 0 Å². The number of aromatic hydroxyl groups is 1. The minimum absolute atomic E-state index is 0.251. The molecule has 0 saturated heterocycles. The van der Waals surface area contributed by atoms with E-state index in [0.29, 0.717) is 0 Å². The summed E-state index contributed by atoms with van der Waals surface area (Å²) in [5.41, 5.74) is 3.57. The molecule has 2 aromatic carbocycles. The van der Waals surface area contributed by atoms with Crippen LogP contribution in [0.3, 0.4) is 0 Å². The van der Waals surface area contributed by atoms with E-state index in [9.17, 15) is 5.11 Å². The monoisotopic (exact) mass is 341 g/mol. The van der Waals surface area contributed by atoms with Gasteiger partial charge in [-0.3, -0.25) is 0 Å². The quantitative estimate of drug-likeness (QED) is 0.588. The number of benzene rings is 2. The molecular formula is C22H31NO2. The molecule has 3 heteroatoms. The number of phenolic OH excluding ortho intramolecular Hbond substituents is 1. The maximum Gasteiger partial charge on any atom is 0.153 e. The highest BCUT2D eigenvalue weighted by molar-refractivity contribution is 5.64. The number of nitrogens with zero attached hydrogens (tertiary/aromatic N) is 1. The van der Waals surface area contributed by atoms with Gasteiger partial charge in [0.05, 0.1) is 5.69 Å². The number of unbranched alkanes of at least 4 members (excludes halogenated alkanes) is 2. The summed E-state index contributed by atoms with van der Waals surface area (Å²) in [4.78, 5) is 2.46. The highest BCUT2D eigenvalue weighted by Gasteiger charge is 2.16. The zero-order valence-electron chi connectivity index (χ0n) is 16.0. The summed E-state index contributed by atoms with van der Waals surface area (Å²) in [6, 6.07) is 11.3. The maximum atomic E-state index is 9.49. The molecule has 1 N–H and O–H groups in total. The van der Waals surface area contributed by atoms with Crippen molar-refractivity contribution in [3.63, 3.8) is 0 Å². The SMILES string of the molecule is CCCCN(CCCC)c1cc(C)cc(C)c1Oc1ccc(O)cc1. The molecule has 0 amide bonds. The fraction of sp³-hybridized carbons (Fsp3) is 0.455. The number of aryl methyl sites for hydroxylation is 2. The Morgan fingerprint density at radius 3 is 2.08 bits per heavy atom. The van der Waals surface area contributed by atoms with Gasteiger partial charge in [-0.25, -0.2) is 0 Å². The van der Waals surface area contributed by atoms with Crippen LogP contribution in [0.2, 0.25) is 0 Å². The second-order valence-corrected chi connectivity index (χ2v) is 6.72. The van der Waals surface area contributed by atoms with Gasteiger partial charge in [0, 0.05) is 13.1 Å². The van der Waals surface area contributed by atoms with Gasteiger partial charge in [0.1, 0.15) is 11.5 Å². The number of anilines is 1. The van der Waals surface area contributed by atoms with Crippen molar-refractivity contribution < 1.29 is 9.84 Å². The van der Waals surface area contributed by atoms with Crippen LogP contribution in [0.4, 0.5) is 5.69 Å². The largest absolute Gasteiger partial charge is 0.508 e. The molecule has 0 aliphatic carbocycles. The Bertz CT molecular complexity index is 656. The Morgan fingerprint density at radius 2 is 1.52 bits per heavy atom. The second-order valence-electron chi connectivity index (χ2n) is 6.72. The molecule has 25 heavy (non-hydrogen) atoms. The molecule has 0 spiro atoms. The van der Waals surface area contributed by atoms with Crippen LogP contribution in [-0.4, -0.2) is 18.2 Å². The average Bonchev–Trinajstić information content (AvgIpc) is 2.59. The molecule has 0 bridgehead atoms. The molecule has 0 aliphatic heterocycles. The van der Waals surface area contributed by atoms with E-state index in [1.807, 2.05) is 0 Å². The zero-order valence-corrected chi connectivity index (χ0v) is 16.0. The van der Waals surface area contributed by atoms with Gasteiger partial charge in [0.15, 0.2) is 5.75 Å². The van der Waals surface area contributed by atoms with Crippen molar-refractivity contribution in [2.75, 3.05) is 18.0 Å². The smallest absolute Gasteiger partial charge is 0.153 e. The number of rotatable bonds is 9. The van der Waals surface area contributed by atoms with Gasteiger partial charge < -0.3 is 14.7 Å². The van der Waals surface area contributed by atoms with E-state index in [0.717, 1.165) is 30.2 Å². The number of hydrogen-bond acceptors (Lipinski definition) is 3. The van der Waals surface area contributed by atoms with E-state index in [1.165, 1.54) is 36.9 Å². The maximum absolute atomic E-state index is 9.49. The second kappa shape index (κ2) is 9.36. The normalized spacial score (nSPS) is 10.7. The van der Waals surface area contributed by atoms with E-state index < -0.39 is 0 Å². The summed E-state index contributed by atoms with van der Waals surface area (Å²) < 4.78 is 6.24. The highest BCUT2D eigenvalue weighted by atomic mass is 16.5. The molecule has 0 heterocycles. The van der Waals surface area contributed by atoms with Crippen LogP contribution in [0, 0.1) is 13.8 Å². The molecule has 0 atom stereocenters. The summed E-state index contributed by atoms with van der Waals surface area (Å²) >= 11 is 0. The Morgan fingerprint density at radius 1 is 0.920 bits per heavy atom. The topological polar surface area (TPSA) is 32.7 Å². The molecule has 2 aromatic rings. The fourth-order valence-corrected chi connectivity index (χ4v) is 2.98. The number of hydrogen-bond donors (Lipinski definition) is 1. The van der Waals surface area contributed by atoms with Crippen LogP contribution in [0.5, 0.6) is 17.2 Å². The van der Waals surface area contributed by atoms with E-state index in [4.69, 9.17) is 4.74 Å². The average molecular weight is 341 g/mol. The summed E-state index contributed by atoms with van der Waals surface area (Å²) in [6.07, 6.45) is 4.72. The summed E-state index contributed by atoms with van der Waals surface area (Å²) in [6.45, 7) is 10.8. The van der Waals surface area contributed by atoms with Crippen LogP contribution in [0.25, 0.3) is 0 Å². The molecule has 136 valence electrons. The fourth-order valence-electron chi connectivity index (χ4n) is 2.98. The summed E-state index contributed by atoms with van der Waals surface area (Å²) in [7, 11) is 0. The molecule has 0 radical (unpaired) electrons. The standard InChI is InChI=1S/C22H31NO2/c1-5-7-13-23(14-8-6-2)21-16-17(3)15-18(4)22(21)25-20-11-9-19(24)10-12-20/h9-12,15-16,24H,5-8,13-14H2,1-4H3. The first kappa shape index (κ1) is 19.2. The third-order valence-corrected chi connectivity index (χ3v) is 4.36. The van der Waals surface area contributed by atoms with Crippen molar-refractivity contribution in [1.82, 2.24) is 0 Å².